The highest BCUT2D eigenvalue weighted by Gasteiger charge is 2.20. The topological polar surface area (TPSA) is 55.3 Å². The van der Waals surface area contributed by atoms with Gasteiger partial charge in [-0.15, -0.1) is 11.3 Å². The lowest BCUT2D eigenvalue weighted by atomic mass is 10.1. The third kappa shape index (κ3) is 3.99. The van der Waals surface area contributed by atoms with Crippen LogP contribution in [0.5, 0.6) is 0 Å². The molecule has 3 heterocycles. The normalized spacial score (nSPS) is 11.8. The predicted octanol–water partition coefficient (Wildman–Crippen LogP) is 11.3. The lowest BCUT2D eigenvalue weighted by molar-refractivity contribution is 0.605. The Morgan fingerprint density at radius 3 is 2.21 bits per heavy atom. The molecule has 0 fully saturated rings. The van der Waals surface area contributed by atoms with E-state index < -0.39 is 0 Å². The van der Waals surface area contributed by atoms with Crippen molar-refractivity contribution >= 4 is 93.1 Å². The molecule has 204 valence electrons. The maximum atomic E-state index is 6.23. The van der Waals surface area contributed by atoms with Crippen molar-refractivity contribution in [2.24, 2.45) is 0 Å². The lowest BCUT2D eigenvalue weighted by Gasteiger charge is -2.25. The Kier molecular flexibility index (Phi) is 5.35. The molecule has 9 aromatic rings. The van der Waals surface area contributed by atoms with E-state index in [9.17, 15) is 0 Å². The quantitative estimate of drug-likeness (QED) is 0.203. The van der Waals surface area contributed by atoms with Crippen molar-refractivity contribution in [1.29, 1.82) is 0 Å². The van der Waals surface area contributed by atoms with E-state index in [0.29, 0.717) is 17.0 Å². The van der Waals surface area contributed by atoms with Gasteiger partial charge in [0, 0.05) is 37.1 Å². The number of thiophene rings is 1. The monoisotopic (exact) mass is 593 g/mol. The van der Waals surface area contributed by atoms with Crippen molar-refractivity contribution in [3.8, 4) is 11.5 Å². The van der Waals surface area contributed by atoms with Gasteiger partial charge >= 0.3 is 0 Å². The Morgan fingerprint density at radius 2 is 1.35 bits per heavy atom. The van der Waals surface area contributed by atoms with Gasteiger partial charge in [-0.1, -0.05) is 48.5 Å². The number of halogens is 1. The van der Waals surface area contributed by atoms with Crippen LogP contribution >= 0.6 is 22.9 Å². The molecule has 0 saturated heterocycles. The van der Waals surface area contributed by atoms with Crippen LogP contribution in [0.25, 0.3) is 64.6 Å². The number of hydrogen-bond donors (Lipinski definition) is 0. The Bertz CT molecular complexity index is 2460. The van der Waals surface area contributed by atoms with Crippen LogP contribution in [0.3, 0.4) is 0 Å². The van der Waals surface area contributed by atoms with E-state index in [0.717, 1.165) is 33.7 Å². The molecule has 7 heteroatoms. The first-order valence-corrected chi connectivity index (χ1v) is 15.0. The fourth-order valence-corrected chi connectivity index (χ4v) is 7.19. The molecule has 0 amide bonds. The molecule has 0 bridgehead atoms. The average molecular weight is 594 g/mol. The van der Waals surface area contributed by atoms with Crippen molar-refractivity contribution in [3.05, 3.63) is 127 Å². The highest BCUT2D eigenvalue weighted by atomic mass is 35.5. The summed E-state index contributed by atoms with van der Waals surface area (Å²) in [6.07, 6.45) is 0. The second kappa shape index (κ2) is 9.42. The molecule has 0 atom stereocenters. The van der Waals surface area contributed by atoms with Gasteiger partial charge < -0.3 is 13.7 Å². The SMILES string of the molecule is Clc1nc2cccc(N(c3ccc(-c4nc5ccccc5o4)cc3)c3ccc4c(c3)sc3cc5ccccc5cc34)c2o1. The first-order chi connectivity index (χ1) is 21.2. The highest BCUT2D eigenvalue weighted by molar-refractivity contribution is 7.25. The molecule has 6 aromatic carbocycles. The largest absolute Gasteiger partial charge is 0.436 e. The number of fused-ring (bicyclic) bond motifs is 6. The van der Waals surface area contributed by atoms with Crippen LogP contribution < -0.4 is 4.90 Å². The van der Waals surface area contributed by atoms with Crippen molar-refractivity contribution in [2.75, 3.05) is 4.90 Å². The summed E-state index contributed by atoms with van der Waals surface area (Å²) in [5.74, 6) is 0.586. The third-order valence-corrected chi connectivity index (χ3v) is 9.13. The van der Waals surface area contributed by atoms with Crippen LogP contribution in [-0.2, 0) is 0 Å². The molecule has 3 aromatic heterocycles. The molecule has 0 saturated carbocycles. The molecule has 0 N–H and O–H groups in total. The number of oxazole rings is 2. The first kappa shape index (κ1) is 24.4. The summed E-state index contributed by atoms with van der Waals surface area (Å²) >= 11 is 8.03. The second-order valence-corrected chi connectivity index (χ2v) is 11.8. The molecule has 0 aliphatic heterocycles. The molecule has 0 radical (unpaired) electrons. The van der Waals surface area contributed by atoms with Crippen LogP contribution in [0.1, 0.15) is 0 Å². The fraction of sp³-hybridized carbons (Fsp3) is 0. The molecule has 0 aliphatic carbocycles. The van der Waals surface area contributed by atoms with Gasteiger partial charge in [-0.3, -0.25) is 0 Å². The summed E-state index contributed by atoms with van der Waals surface area (Å²) < 4.78 is 14.4. The number of aromatic nitrogens is 2. The minimum atomic E-state index is 0.112. The van der Waals surface area contributed by atoms with E-state index in [2.05, 4.69) is 81.6 Å². The highest BCUT2D eigenvalue weighted by Crippen LogP contribution is 2.44. The van der Waals surface area contributed by atoms with Crippen molar-refractivity contribution in [1.82, 2.24) is 9.97 Å². The molecule has 5 nitrogen and oxygen atoms in total. The molecular formula is C36H20ClN3O2S. The van der Waals surface area contributed by atoms with E-state index >= 15 is 0 Å². The Labute approximate surface area is 254 Å². The van der Waals surface area contributed by atoms with Crippen LogP contribution in [-0.4, -0.2) is 9.97 Å². The van der Waals surface area contributed by atoms with Gasteiger partial charge in [0.2, 0.25) is 5.89 Å². The van der Waals surface area contributed by atoms with Crippen LogP contribution in [0.4, 0.5) is 17.1 Å². The zero-order valence-electron chi connectivity index (χ0n) is 22.5. The maximum absolute atomic E-state index is 6.23. The number of benzene rings is 6. The maximum Gasteiger partial charge on any atom is 0.293 e. The number of hydrogen-bond acceptors (Lipinski definition) is 6. The second-order valence-electron chi connectivity index (χ2n) is 10.4. The van der Waals surface area contributed by atoms with Crippen molar-refractivity contribution in [3.63, 3.8) is 0 Å². The van der Waals surface area contributed by atoms with Gasteiger partial charge in [0.15, 0.2) is 11.2 Å². The summed E-state index contributed by atoms with van der Waals surface area (Å²) in [6, 6.07) is 41.6. The molecular weight excluding hydrogens is 574 g/mol. The van der Waals surface area contributed by atoms with E-state index in [1.165, 1.54) is 30.9 Å². The fourth-order valence-electron chi connectivity index (χ4n) is 5.85. The minimum absolute atomic E-state index is 0.112. The molecule has 0 unspecified atom stereocenters. The zero-order valence-corrected chi connectivity index (χ0v) is 24.1. The van der Waals surface area contributed by atoms with Gasteiger partial charge in [0.25, 0.3) is 5.35 Å². The van der Waals surface area contributed by atoms with E-state index in [1.54, 1.807) is 11.3 Å². The van der Waals surface area contributed by atoms with Crippen LogP contribution in [0.2, 0.25) is 5.35 Å². The number of nitrogens with zero attached hydrogens (tertiary/aromatic N) is 3. The molecule has 0 spiro atoms. The number of anilines is 3. The summed E-state index contributed by atoms with van der Waals surface area (Å²) in [6.45, 7) is 0. The first-order valence-electron chi connectivity index (χ1n) is 13.8. The summed E-state index contributed by atoms with van der Waals surface area (Å²) in [4.78, 5) is 11.2. The predicted molar refractivity (Wildman–Crippen MR) is 177 cm³/mol. The smallest absolute Gasteiger partial charge is 0.293 e. The summed E-state index contributed by atoms with van der Waals surface area (Å²) in [7, 11) is 0. The third-order valence-electron chi connectivity index (χ3n) is 7.86. The van der Waals surface area contributed by atoms with Crippen LogP contribution in [0, 0.1) is 0 Å². The van der Waals surface area contributed by atoms with Gasteiger partial charge in [0.1, 0.15) is 11.0 Å². The number of rotatable bonds is 4. The van der Waals surface area contributed by atoms with E-state index in [4.69, 9.17) is 20.4 Å². The van der Waals surface area contributed by atoms with Crippen molar-refractivity contribution in [2.45, 2.75) is 0 Å². The average Bonchev–Trinajstić information content (AvgIpc) is 3.74. The van der Waals surface area contributed by atoms with Gasteiger partial charge in [-0.25, -0.2) is 4.98 Å². The molecule has 43 heavy (non-hydrogen) atoms. The lowest BCUT2D eigenvalue weighted by Crippen LogP contribution is -2.10. The van der Waals surface area contributed by atoms with Gasteiger partial charge in [-0.05, 0) is 95.2 Å². The molecule has 9 rings (SSSR count). The Morgan fingerprint density at radius 1 is 0.605 bits per heavy atom. The summed E-state index contributed by atoms with van der Waals surface area (Å²) in [5, 5.41) is 5.11. The summed E-state index contributed by atoms with van der Waals surface area (Å²) in [5.41, 5.74) is 6.61. The standard InChI is InChI=1S/C36H20ClN3O2S/c37-36-39-29-9-5-10-30(34(29)42-36)40(24-14-12-21(13-15-24)35-38-28-8-3-4-11-31(28)41-35)25-16-17-26-27-18-22-6-1-2-7-23(22)19-32(27)43-33(26)20-25/h1-20H. The molecule has 0 aliphatic rings. The zero-order chi connectivity index (χ0) is 28.5. The van der Waals surface area contributed by atoms with Gasteiger partial charge in [0.05, 0.1) is 5.69 Å². The Hall–Kier alpha value is -5.17. The van der Waals surface area contributed by atoms with E-state index in [1.807, 2.05) is 54.6 Å². The van der Waals surface area contributed by atoms with Crippen molar-refractivity contribution < 1.29 is 8.83 Å². The Balaban J connectivity index is 1.21. The minimum Gasteiger partial charge on any atom is -0.436 e. The number of para-hydroxylation sites is 3. The van der Waals surface area contributed by atoms with Gasteiger partial charge in [-0.2, -0.15) is 4.98 Å². The van der Waals surface area contributed by atoms with Crippen LogP contribution in [0.15, 0.2) is 130 Å². The van der Waals surface area contributed by atoms with E-state index in [-0.39, 0.29) is 5.35 Å².